The molecule has 0 aliphatic rings. The Bertz CT molecular complexity index is 560. The van der Waals surface area contributed by atoms with Crippen LogP contribution in [0.15, 0.2) is 36.7 Å². The summed E-state index contributed by atoms with van der Waals surface area (Å²) in [5.41, 5.74) is 3.43. The molecule has 0 fully saturated rings. The van der Waals surface area contributed by atoms with Crippen molar-refractivity contribution >= 4 is 0 Å². The molecule has 114 valence electrons. The smallest absolute Gasteiger partial charge is 0.0916 e. The Labute approximate surface area is 127 Å². The second-order valence-corrected chi connectivity index (χ2v) is 6.06. The molecule has 0 radical (unpaired) electrons. The molecule has 0 amide bonds. The van der Waals surface area contributed by atoms with Crippen molar-refractivity contribution in [3.8, 4) is 0 Å². The number of hydrogen-bond acceptors (Lipinski definition) is 3. The van der Waals surface area contributed by atoms with Crippen molar-refractivity contribution < 1.29 is 5.11 Å². The van der Waals surface area contributed by atoms with Crippen LogP contribution in [0.25, 0.3) is 0 Å². The Morgan fingerprint density at radius 2 is 1.81 bits per heavy atom. The predicted molar refractivity (Wildman–Crippen MR) is 85.0 cm³/mol. The van der Waals surface area contributed by atoms with E-state index in [4.69, 9.17) is 0 Å². The number of hydrogen-bond donors (Lipinski definition) is 1. The van der Waals surface area contributed by atoms with Crippen molar-refractivity contribution in [2.45, 2.75) is 32.4 Å². The fourth-order valence-corrected chi connectivity index (χ4v) is 2.43. The van der Waals surface area contributed by atoms with E-state index in [0.29, 0.717) is 12.5 Å². The monoisotopic (exact) mass is 287 g/mol. The van der Waals surface area contributed by atoms with Crippen LogP contribution in [-0.4, -0.2) is 33.4 Å². The first-order valence-corrected chi connectivity index (χ1v) is 7.39. The number of aliphatic hydroxyl groups is 1. The molecule has 0 spiro atoms. The Kier molecular flexibility index (Phi) is 5.15. The molecule has 0 aliphatic heterocycles. The highest BCUT2D eigenvalue weighted by Gasteiger charge is 2.12. The number of aromatic nitrogens is 2. The normalized spacial score (nSPS) is 13.1. The number of likely N-dealkylation sites (N-methyl/N-ethyl adjacent to an activating group) is 1. The molecule has 0 saturated heterocycles. The molecule has 1 aromatic heterocycles. The van der Waals surface area contributed by atoms with Crippen molar-refractivity contribution in [3.63, 3.8) is 0 Å². The molecule has 4 nitrogen and oxygen atoms in total. The van der Waals surface area contributed by atoms with Crippen molar-refractivity contribution in [1.29, 1.82) is 0 Å². The maximum Gasteiger partial charge on any atom is 0.0916 e. The molecule has 0 bridgehead atoms. The second kappa shape index (κ2) is 6.87. The summed E-state index contributed by atoms with van der Waals surface area (Å²) in [6.45, 7) is 5.74. The van der Waals surface area contributed by atoms with E-state index < -0.39 is 6.10 Å². The summed E-state index contributed by atoms with van der Waals surface area (Å²) in [6.07, 6.45) is 3.40. The van der Waals surface area contributed by atoms with Crippen molar-refractivity contribution in [2.75, 3.05) is 13.6 Å². The Balaban J connectivity index is 1.92. The molecule has 0 aliphatic carbocycles. The third-order valence-electron chi connectivity index (χ3n) is 3.68. The molecule has 1 heterocycles. The highest BCUT2D eigenvalue weighted by Crippen LogP contribution is 2.19. The van der Waals surface area contributed by atoms with Gasteiger partial charge in [-0.25, -0.2) is 0 Å². The van der Waals surface area contributed by atoms with Gasteiger partial charge in [-0.2, -0.15) is 5.10 Å². The van der Waals surface area contributed by atoms with Crippen molar-refractivity contribution in [2.24, 2.45) is 7.05 Å². The quantitative estimate of drug-likeness (QED) is 0.888. The zero-order chi connectivity index (χ0) is 15.4. The van der Waals surface area contributed by atoms with Gasteiger partial charge in [0.05, 0.1) is 12.3 Å². The molecule has 2 aromatic rings. The van der Waals surface area contributed by atoms with Gasteiger partial charge >= 0.3 is 0 Å². The number of aryl methyl sites for hydroxylation is 1. The molecule has 1 atom stereocenters. The van der Waals surface area contributed by atoms with E-state index in [0.717, 1.165) is 17.7 Å². The van der Waals surface area contributed by atoms with Crippen LogP contribution in [0.3, 0.4) is 0 Å². The number of rotatable bonds is 6. The minimum atomic E-state index is -0.465. The third kappa shape index (κ3) is 4.41. The molecule has 1 N–H and O–H groups in total. The van der Waals surface area contributed by atoms with E-state index in [9.17, 15) is 5.11 Å². The van der Waals surface area contributed by atoms with Gasteiger partial charge in [-0.15, -0.1) is 0 Å². The first kappa shape index (κ1) is 15.7. The van der Waals surface area contributed by atoms with Gasteiger partial charge < -0.3 is 5.11 Å². The second-order valence-electron chi connectivity index (χ2n) is 6.06. The van der Waals surface area contributed by atoms with Crippen molar-refractivity contribution in [3.05, 3.63) is 53.3 Å². The highest BCUT2D eigenvalue weighted by atomic mass is 16.3. The average molecular weight is 287 g/mol. The summed E-state index contributed by atoms with van der Waals surface area (Å²) in [7, 11) is 3.92. The molecule has 4 heteroatoms. The minimum absolute atomic E-state index is 0.465. The lowest BCUT2D eigenvalue weighted by molar-refractivity contribution is 0.124. The van der Waals surface area contributed by atoms with Crippen LogP contribution < -0.4 is 0 Å². The van der Waals surface area contributed by atoms with Crippen LogP contribution >= 0.6 is 0 Å². The summed E-state index contributed by atoms with van der Waals surface area (Å²) < 4.78 is 1.80. The van der Waals surface area contributed by atoms with E-state index >= 15 is 0 Å². The molecular weight excluding hydrogens is 262 g/mol. The van der Waals surface area contributed by atoms with E-state index in [-0.39, 0.29) is 0 Å². The SMILES string of the molecule is CC(C)c1ccc(C(O)CN(C)Cc2cnn(C)c2)cc1. The lowest BCUT2D eigenvalue weighted by atomic mass is 10.00. The largest absolute Gasteiger partial charge is 0.387 e. The summed E-state index contributed by atoms with van der Waals surface area (Å²) in [5, 5.41) is 14.5. The highest BCUT2D eigenvalue weighted by molar-refractivity contribution is 5.26. The Morgan fingerprint density at radius 1 is 1.19 bits per heavy atom. The van der Waals surface area contributed by atoms with Crippen LogP contribution in [0.1, 0.15) is 42.6 Å². The molecule has 21 heavy (non-hydrogen) atoms. The van der Waals surface area contributed by atoms with Gasteiger partial charge in [-0.05, 0) is 24.1 Å². The Morgan fingerprint density at radius 3 is 2.33 bits per heavy atom. The number of aliphatic hydroxyl groups excluding tert-OH is 1. The zero-order valence-corrected chi connectivity index (χ0v) is 13.3. The predicted octanol–water partition coefficient (Wildman–Crippen LogP) is 2.71. The van der Waals surface area contributed by atoms with Crippen LogP contribution in [0.4, 0.5) is 0 Å². The fourth-order valence-electron chi connectivity index (χ4n) is 2.43. The van der Waals surface area contributed by atoms with Crippen LogP contribution in [0.2, 0.25) is 0 Å². The molecule has 1 unspecified atom stereocenters. The topological polar surface area (TPSA) is 41.3 Å². The Hall–Kier alpha value is -1.65. The van der Waals surface area contributed by atoms with Gasteiger partial charge in [0.25, 0.3) is 0 Å². The molecule has 1 aromatic carbocycles. The van der Waals surface area contributed by atoms with Gasteiger partial charge in [0.2, 0.25) is 0 Å². The van der Waals surface area contributed by atoms with Crippen molar-refractivity contribution in [1.82, 2.24) is 14.7 Å². The maximum atomic E-state index is 10.3. The van der Waals surface area contributed by atoms with Gasteiger partial charge in [-0.3, -0.25) is 9.58 Å². The zero-order valence-electron chi connectivity index (χ0n) is 13.3. The van der Waals surface area contributed by atoms with Gasteiger partial charge in [0.1, 0.15) is 0 Å². The third-order valence-corrected chi connectivity index (χ3v) is 3.68. The lowest BCUT2D eigenvalue weighted by Gasteiger charge is -2.20. The first-order valence-electron chi connectivity index (χ1n) is 7.39. The first-order chi connectivity index (χ1) is 9.95. The maximum absolute atomic E-state index is 10.3. The number of nitrogens with zero attached hydrogens (tertiary/aromatic N) is 3. The van der Waals surface area contributed by atoms with Gasteiger partial charge in [0, 0.05) is 31.9 Å². The lowest BCUT2D eigenvalue weighted by Crippen LogP contribution is -2.24. The minimum Gasteiger partial charge on any atom is -0.387 e. The molecule has 0 saturated carbocycles. The summed E-state index contributed by atoms with van der Waals surface area (Å²) in [5.74, 6) is 0.518. The van der Waals surface area contributed by atoms with Crippen LogP contribution in [0.5, 0.6) is 0 Å². The average Bonchev–Trinajstić information content (AvgIpc) is 2.83. The molecular formula is C17H25N3O. The number of benzene rings is 1. The summed E-state index contributed by atoms with van der Waals surface area (Å²) in [4.78, 5) is 2.11. The van der Waals surface area contributed by atoms with Crippen LogP contribution in [0, 0.1) is 0 Å². The molecule has 2 rings (SSSR count). The van der Waals surface area contributed by atoms with Gasteiger partial charge in [0.15, 0.2) is 0 Å². The summed E-state index contributed by atoms with van der Waals surface area (Å²) in [6, 6.07) is 8.25. The van der Waals surface area contributed by atoms with Crippen LogP contribution in [-0.2, 0) is 13.6 Å². The van der Waals surface area contributed by atoms with E-state index in [1.54, 1.807) is 4.68 Å². The van der Waals surface area contributed by atoms with Gasteiger partial charge in [-0.1, -0.05) is 38.1 Å². The van der Waals surface area contributed by atoms with E-state index in [1.807, 2.05) is 38.6 Å². The summed E-state index contributed by atoms with van der Waals surface area (Å²) >= 11 is 0. The van der Waals surface area contributed by atoms with E-state index in [1.165, 1.54) is 5.56 Å². The standard InChI is InChI=1S/C17H25N3O/c1-13(2)15-5-7-16(8-6-15)17(21)12-19(3)10-14-9-18-20(4)11-14/h5-9,11,13,17,21H,10,12H2,1-4H3. The fraction of sp³-hybridized carbons (Fsp3) is 0.471. The van der Waals surface area contributed by atoms with E-state index in [2.05, 4.69) is 36.0 Å².